The first-order valence-corrected chi connectivity index (χ1v) is 8.71. The summed E-state index contributed by atoms with van der Waals surface area (Å²) in [4.78, 5) is 26.2. The molecule has 1 saturated heterocycles. The van der Waals surface area contributed by atoms with Gasteiger partial charge in [-0.1, -0.05) is 11.6 Å². The van der Waals surface area contributed by atoms with Crippen LogP contribution in [0, 0.1) is 11.7 Å². The van der Waals surface area contributed by atoms with Crippen molar-refractivity contribution in [1.82, 2.24) is 10.2 Å². The molecule has 0 aromatic heterocycles. The van der Waals surface area contributed by atoms with Crippen LogP contribution in [0.25, 0.3) is 0 Å². The summed E-state index contributed by atoms with van der Waals surface area (Å²) in [6.07, 6.45) is 2.30. The molecule has 1 saturated carbocycles. The van der Waals surface area contributed by atoms with E-state index in [1.54, 1.807) is 0 Å². The smallest absolute Gasteiger partial charge is 0.258 e. The van der Waals surface area contributed by atoms with E-state index in [0.29, 0.717) is 24.1 Å². The highest BCUT2D eigenvalue weighted by atomic mass is 35.5. The van der Waals surface area contributed by atoms with Crippen LogP contribution in [-0.4, -0.2) is 40.9 Å². The summed E-state index contributed by atoms with van der Waals surface area (Å²) < 4.78 is 13.9. The van der Waals surface area contributed by atoms with E-state index in [0.717, 1.165) is 18.9 Å². The van der Waals surface area contributed by atoms with E-state index < -0.39 is 17.8 Å². The van der Waals surface area contributed by atoms with Gasteiger partial charge in [-0.05, 0) is 37.0 Å². The van der Waals surface area contributed by atoms with E-state index in [1.807, 2.05) is 0 Å². The SMILES string of the molecule is O=C(NCC1CC1)C1CSCN1C(=O)c1ccc(Cl)cc1F. The lowest BCUT2D eigenvalue weighted by molar-refractivity contribution is -0.124. The third-order valence-corrected chi connectivity index (χ3v) is 5.12. The van der Waals surface area contributed by atoms with Crippen molar-refractivity contribution >= 4 is 35.2 Å². The Hall–Kier alpha value is -1.27. The maximum absolute atomic E-state index is 13.9. The second-order valence-corrected chi connectivity index (χ2v) is 7.04. The van der Waals surface area contributed by atoms with E-state index >= 15 is 0 Å². The third-order valence-electron chi connectivity index (χ3n) is 3.87. The van der Waals surface area contributed by atoms with Gasteiger partial charge < -0.3 is 10.2 Å². The van der Waals surface area contributed by atoms with Crippen LogP contribution in [0.3, 0.4) is 0 Å². The number of benzene rings is 1. The number of halogens is 2. The lowest BCUT2D eigenvalue weighted by Crippen LogP contribution is -2.47. The monoisotopic (exact) mass is 342 g/mol. The normalized spacial score (nSPS) is 21.0. The Balaban J connectivity index is 1.71. The molecule has 0 bridgehead atoms. The molecule has 0 spiro atoms. The number of rotatable bonds is 4. The largest absolute Gasteiger partial charge is 0.354 e. The van der Waals surface area contributed by atoms with Gasteiger partial charge in [-0.2, -0.15) is 0 Å². The first kappa shape index (κ1) is 15.6. The van der Waals surface area contributed by atoms with Gasteiger partial charge in [0, 0.05) is 17.3 Å². The highest BCUT2D eigenvalue weighted by Crippen LogP contribution is 2.28. The van der Waals surface area contributed by atoms with Crippen molar-refractivity contribution in [2.75, 3.05) is 18.2 Å². The van der Waals surface area contributed by atoms with E-state index in [9.17, 15) is 14.0 Å². The van der Waals surface area contributed by atoms with Crippen LogP contribution in [0.5, 0.6) is 0 Å². The zero-order valence-electron chi connectivity index (χ0n) is 11.9. The van der Waals surface area contributed by atoms with Gasteiger partial charge in [0.15, 0.2) is 0 Å². The van der Waals surface area contributed by atoms with Crippen molar-refractivity contribution in [2.45, 2.75) is 18.9 Å². The molecule has 1 aliphatic carbocycles. The molecule has 3 rings (SSSR count). The summed E-state index contributed by atoms with van der Waals surface area (Å²) >= 11 is 7.20. The van der Waals surface area contributed by atoms with Crippen molar-refractivity contribution in [3.8, 4) is 0 Å². The Morgan fingerprint density at radius 1 is 1.41 bits per heavy atom. The van der Waals surface area contributed by atoms with E-state index in [-0.39, 0.29) is 16.5 Å². The molecule has 2 aliphatic rings. The van der Waals surface area contributed by atoms with Crippen molar-refractivity contribution in [3.63, 3.8) is 0 Å². The minimum absolute atomic E-state index is 0.0492. The van der Waals surface area contributed by atoms with Crippen molar-refractivity contribution in [2.24, 2.45) is 5.92 Å². The maximum Gasteiger partial charge on any atom is 0.258 e. The molecule has 1 heterocycles. The zero-order valence-corrected chi connectivity index (χ0v) is 13.4. The summed E-state index contributed by atoms with van der Waals surface area (Å²) in [6, 6.07) is 3.41. The number of carbonyl (C=O) groups is 2. The van der Waals surface area contributed by atoms with E-state index in [4.69, 9.17) is 11.6 Å². The van der Waals surface area contributed by atoms with Gasteiger partial charge in [0.25, 0.3) is 5.91 Å². The van der Waals surface area contributed by atoms with Crippen LogP contribution >= 0.6 is 23.4 Å². The first-order valence-electron chi connectivity index (χ1n) is 7.17. The molecule has 1 aromatic rings. The lowest BCUT2D eigenvalue weighted by atomic mass is 10.1. The summed E-state index contributed by atoms with van der Waals surface area (Å²) in [7, 11) is 0. The molecule has 2 amide bonds. The van der Waals surface area contributed by atoms with Crippen LogP contribution in [-0.2, 0) is 4.79 Å². The minimum Gasteiger partial charge on any atom is -0.354 e. The third kappa shape index (κ3) is 3.38. The molecule has 4 nitrogen and oxygen atoms in total. The molecule has 1 unspecified atom stereocenters. The maximum atomic E-state index is 13.9. The fraction of sp³-hybridized carbons (Fsp3) is 0.467. The first-order chi connectivity index (χ1) is 10.6. The molecule has 118 valence electrons. The number of thioether (sulfide) groups is 1. The topological polar surface area (TPSA) is 49.4 Å². The fourth-order valence-electron chi connectivity index (χ4n) is 2.36. The molecule has 7 heteroatoms. The molecule has 1 aliphatic heterocycles. The predicted molar refractivity (Wildman–Crippen MR) is 84.4 cm³/mol. The summed E-state index contributed by atoms with van der Waals surface area (Å²) in [6.45, 7) is 0.664. The fourth-order valence-corrected chi connectivity index (χ4v) is 3.68. The zero-order chi connectivity index (χ0) is 15.7. The Morgan fingerprint density at radius 3 is 2.86 bits per heavy atom. The van der Waals surface area contributed by atoms with Crippen LogP contribution < -0.4 is 5.32 Å². The van der Waals surface area contributed by atoms with Gasteiger partial charge in [-0.15, -0.1) is 11.8 Å². The molecule has 2 fully saturated rings. The lowest BCUT2D eigenvalue weighted by Gasteiger charge is -2.23. The molecule has 0 radical (unpaired) electrons. The van der Waals surface area contributed by atoms with Crippen molar-refractivity contribution in [1.29, 1.82) is 0 Å². The number of carbonyl (C=O) groups excluding carboxylic acids is 2. The molecular weight excluding hydrogens is 327 g/mol. The quantitative estimate of drug-likeness (QED) is 0.914. The number of amides is 2. The second-order valence-electron chi connectivity index (χ2n) is 5.60. The van der Waals surface area contributed by atoms with Gasteiger partial charge in [0.1, 0.15) is 11.9 Å². The Bertz CT molecular complexity index is 609. The second kappa shape index (κ2) is 6.46. The van der Waals surface area contributed by atoms with Crippen LogP contribution in [0.15, 0.2) is 18.2 Å². The molecule has 1 atom stereocenters. The van der Waals surface area contributed by atoms with E-state index in [1.165, 1.54) is 28.8 Å². The summed E-state index contributed by atoms with van der Waals surface area (Å²) in [5.41, 5.74) is -0.0492. The Kier molecular flexibility index (Phi) is 4.59. The number of hydrogen-bond acceptors (Lipinski definition) is 3. The average molecular weight is 343 g/mol. The Morgan fingerprint density at radius 2 is 2.18 bits per heavy atom. The highest BCUT2D eigenvalue weighted by molar-refractivity contribution is 7.99. The van der Waals surface area contributed by atoms with Gasteiger partial charge in [0.05, 0.1) is 11.4 Å². The van der Waals surface area contributed by atoms with Crippen molar-refractivity contribution in [3.05, 3.63) is 34.6 Å². The van der Waals surface area contributed by atoms with E-state index in [2.05, 4.69) is 5.32 Å². The summed E-state index contributed by atoms with van der Waals surface area (Å²) in [5, 5.41) is 3.12. The predicted octanol–water partition coefficient (Wildman–Crippen LogP) is 2.52. The Labute approximate surface area is 137 Å². The standard InChI is InChI=1S/C15H16ClFN2O2S/c16-10-3-4-11(12(17)5-10)15(21)19-8-22-7-13(19)14(20)18-6-9-1-2-9/h3-5,9,13H,1-2,6-8H2,(H,18,20). The number of nitrogens with one attached hydrogen (secondary N) is 1. The van der Waals surface area contributed by atoms with Crippen molar-refractivity contribution < 1.29 is 14.0 Å². The van der Waals surface area contributed by atoms with Crippen LogP contribution in [0.2, 0.25) is 5.02 Å². The van der Waals surface area contributed by atoms with Gasteiger partial charge in [-0.25, -0.2) is 4.39 Å². The average Bonchev–Trinajstić information content (AvgIpc) is 3.18. The van der Waals surface area contributed by atoms with Gasteiger partial charge >= 0.3 is 0 Å². The molecular formula is C15H16ClFN2O2S. The van der Waals surface area contributed by atoms with Crippen LogP contribution in [0.1, 0.15) is 23.2 Å². The highest BCUT2D eigenvalue weighted by Gasteiger charge is 2.36. The number of nitrogens with zero attached hydrogens (tertiary/aromatic N) is 1. The summed E-state index contributed by atoms with van der Waals surface area (Å²) in [5.74, 6) is 0.229. The molecule has 22 heavy (non-hydrogen) atoms. The minimum atomic E-state index is -0.661. The van der Waals surface area contributed by atoms with Gasteiger partial charge in [-0.3, -0.25) is 9.59 Å². The molecule has 1 N–H and O–H groups in total. The van der Waals surface area contributed by atoms with Crippen LogP contribution in [0.4, 0.5) is 4.39 Å². The number of hydrogen-bond donors (Lipinski definition) is 1. The van der Waals surface area contributed by atoms with Gasteiger partial charge in [0.2, 0.25) is 5.91 Å². The molecule has 1 aromatic carbocycles.